The minimum absolute atomic E-state index is 0.0376. The normalized spacial score (nSPS) is 15.0. The van der Waals surface area contributed by atoms with Gasteiger partial charge in [0.25, 0.3) is 11.8 Å². The molecule has 0 spiro atoms. The number of benzene rings is 2. The number of fused-ring (bicyclic) bond motifs is 1. The lowest BCUT2D eigenvalue weighted by Crippen LogP contribution is -2.53. The maximum absolute atomic E-state index is 14.4. The summed E-state index contributed by atoms with van der Waals surface area (Å²) in [6, 6.07) is 9.77. The Morgan fingerprint density at radius 3 is 2.37 bits per heavy atom. The van der Waals surface area contributed by atoms with Crippen LogP contribution in [0.15, 0.2) is 42.5 Å². The molecule has 2 aromatic carbocycles. The van der Waals surface area contributed by atoms with Gasteiger partial charge in [-0.2, -0.15) is 13.2 Å². The molecule has 0 saturated carbocycles. The second-order valence-corrected chi connectivity index (χ2v) is 11.3. The molecule has 3 rings (SSSR count). The van der Waals surface area contributed by atoms with Crippen molar-refractivity contribution in [3.05, 3.63) is 59.2 Å². The molecule has 1 heterocycles. The lowest BCUT2D eigenvalue weighted by molar-refractivity contribution is -0.138. The molecule has 12 heteroatoms. The van der Waals surface area contributed by atoms with Crippen LogP contribution in [0.25, 0.3) is 0 Å². The lowest BCUT2D eigenvalue weighted by atomic mass is 9.98. The molecule has 0 bridgehead atoms. The van der Waals surface area contributed by atoms with E-state index in [2.05, 4.69) is 5.32 Å². The lowest BCUT2D eigenvalue weighted by Gasteiger charge is -2.40. The smallest absolute Gasteiger partial charge is 0.417 e. The van der Waals surface area contributed by atoms with Crippen molar-refractivity contribution in [2.45, 2.75) is 77.9 Å². The Labute approximate surface area is 250 Å². The zero-order valence-corrected chi connectivity index (χ0v) is 25.4. The van der Waals surface area contributed by atoms with Crippen LogP contribution in [0.4, 0.5) is 23.7 Å². The summed E-state index contributed by atoms with van der Waals surface area (Å²) in [6.45, 7) is 8.56. The Hall–Kier alpha value is -3.80. The van der Waals surface area contributed by atoms with E-state index >= 15 is 0 Å². The van der Waals surface area contributed by atoms with Gasteiger partial charge in [-0.3, -0.25) is 9.59 Å². The third-order valence-corrected chi connectivity index (χ3v) is 6.96. The number of nitrogens with zero attached hydrogens (tertiary/aromatic N) is 2. The molecular formula is C31H40F3N3O6. The summed E-state index contributed by atoms with van der Waals surface area (Å²) in [5, 5.41) is 2.63. The van der Waals surface area contributed by atoms with Crippen LogP contribution >= 0.6 is 0 Å². The molecule has 9 nitrogen and oxygen atoms in total. The molecule has 0 aliphatic carbocycles. The van der Waals surface area contributed by atoms with Crippen molar-refractivity contribution in [3.63, 3.8) is 0 Å². The first kappa shape index (κ1) is 33.7. The average molecular weight is 608 g/mol. The Balaban J connectivity index is 1.89. The van der Waals surface area contributed by atoms with E-state index in [1.165, 1.54) is 23.6 Å². The Bertz CT molecular complexity index is 1280. The van der Waals surface area contributed by atoms with Crippen molar-refractivity contribution >= 4 is 23.6 Å². The minimum atomic E-state index is -4.88. The zero-order valence-electron chi connectivity index (χ0n) is 25.4. The SMILES string of the molecule is COCCCCN1C(=O)C(C)(C)Oc2cc(C(F)(F)F)c(C(=O)N(C[C@@H](C)NC(=O)OCc3ccccc3)C(C)C)cc21. The van der Waals surface area contributed by atoms with Gasteiger partial charge in [0, 0.05) is 38.9 Å². The van der Waals surface area contributed by atoms with Gasteiger partial charge < -0.3 is 29.3 Å². The molecule has 0 fully saturated rings. The number of carbonyl (C=O) groups is 3. The molecule has 1 aliphatic heterocycles. The van der Waals surface area contributed by atoms with E-state index in [-0.39, 0.29) is 31.1 Å². The zero-order chi connectivity index (χ0) is 31.9. The number of carbonyl (C=O) groups excluding carboxylic acids is 3. The van der Waals surface area contributed by atoms with Crippen molar-refractivity contribution in [2.75, 3.05) is 31.7 Å². The highest BCUT2D eigenvalue weighted by Gasteiger charge is 2.44. The number of ether oxygens (including phenoxy) is 3. The first-order valence-corrected chi connectivity index (χ1v) is 14.2. The van der Waals surface area contributed by atoms with Gasteiger partial charge in [0.2, 0.25) is 0 Å². The van der Waals surface area contributed by atoms with E-state index in [4.69, 9.17) is 14.2 Å². The summed E-state index contributed by atoms with van der Waals surface area (Å²) in [7, 11) is 1.55. The Kier molecular flexibility index (Phi) is 11.1. The van der Waals surface area contributed by atoms with Crippen molar-refractivity contribution in [1.29, 1.82) is 0 Å². The number of anilines is 1. The van der Waals surface area contributed by atoms with Crippen molar-refractivity contribution in [2.24, 2.45) is 0 Å². The quantitative estimate of drug-likeness (QED) is 0.307. The Morgan fingerprint density at radius 2 is 1.77 bits per heavy atom. The summed E-state index contributed by atoms with van der Waals surface area (Å²) < 4.78 is 59.1. The van der Waals surface area contributed by atoms with E-state index in [9.17, 15) is 27.6 Å². The summed E-state index contributed by atoms with van der Waals surface area (Å²) in [5.74, 6) is -1.45. The van der Waals surface area contributed by atoms with Crippen LogP contribution in [0.1, 0.15) is 68.9 Å². The number of nitrogens with one attached hydrogen (secondary N) is 1. The van der Waals surface area contributed by atoms with E-state index < -0.39 is 52.9 Å². The first-order chi connectivity index (χ1) is 20.2. The van der Waals surface area contributed by atoms with Crippen LogP contribution in [0.2, 0.25) is 0 Å². The largest absolute Gasteiger partial charge is 0.476 e. The monoisotopic (exact) mass is 607 g/mol. The van der Waals surface area contributed by atoms with Crippen LogP contribution < -0.4 is 15.0 Å². The van der Waals surface area contributed by atoms with Gasteiger partial charge in [-0.1, -0.05) is 30.3 Å². The van der Waals surface area contributed by atoms with Crippen LogP contribution in [0, 0.1) is 0 Å². The number of rotatable bonds is 12. The topological polar surface area (TPSA) is 97.4 Å². The highest BCUT2D eigenvalue weighted by Crippen LogP contribution is 2.44. The van der Waals surface area contributed by atoms with Crippen LogP contribution in [-0.2, 0) is 27.1 Å². The molecule has 3 amide bonds. The van der Waals surface area contributed by atoms with Gasteiger partial charge in [-0.15, -0.1) is 0 Å². The third kappa shape index (κ3) is 8.62. The van der Waals surface area contributed by atoms with Gasteiger partial charge in [0.05, 0.1) is 16.8 Å². The van der Waals surface area contributed by atoms with Gasteiger partial charge in [0.1, 0.15) is 12.4 Å². The second kappa shape index (κ2) is 14.1. The maximum atomic E-state index is 14.4. The van der Waals surface area contributed by atoms with E-state index in [1.807, 2.05) is 18.2 Å². The molecule has 0 aromatic heterocycles. The van der Waals surface area contributed by atoms with Crippen LogP contribution in [0.3, 0.4) is 0 Å². The van der Waals surface area contributed by atoms with E-state index in [1.54, 1.807) is 40.0 Å². The fraction of sp³-hybridized carbons (Fsp3) is 0.516. The summed E-state index contributed by atoms with van der Waals surface area (Å²) in [5.41, 5.74) is -2.30. The predicted molar refractivity (Wildman–Crippen MR) is 155 cm³/mol. The molecule has 0 saturated heterocycles. The number of unbranched alkanes of at least 4 members (excludes halogenated alkanes) is 1. The number of hydrogen-bond acceptors (Lipinski definition) is 6. The number of hydrogen-bond donors (Lipinski definition) is 1. The van der Waals surface area contributed by atoms with Crippen LogP contribution in [0.5, 0.6) is 5.75 Å². The molecule has 43 heavy (non-hydrogen) atoms. The molecule has 1 atom stereocenters. The van der Waals surface area contributed by atoms with Crippen molar-refractivity contribution in [1.82, 2.24) is 10.2 Å². The molecule has 236 valence electrons. The molecule has 2 aromatic rings. The summed E-state index contributed by atoms with van der Waals surface area (Å²) in [6.07, 6.45) is -4.45. The minimum Gasteiger partial charge on any atom is -0.476 e. The molecule has 0 radical (unpaired) electrons. The fourth-order valence-corrected chi connectivity index (χ4v) is 4.75. The van der Waals surface area contributed by atoms with Gasteiger partial charge in [0.15, 0.2) is 5.60 Å². The molecular weight excluding hydrogens is 567 g/mol. The molecule has 0 unspecified atom stereocenters. The maximum Gasteiger partial charge on any atom is 0.417 e. The highest BCUT2D eigenvalue weighted by molar-refractivity contribution is 6.05. The van der Waals surface area contributed by atoms with Gasteiger partial charge >= 0.3 is 12.3 Å². The first-order valence-electron chi connectivity index (χ1n) is 14.2. The van der Waals surface area contributed by atoms with Crippen LogP contribution in [-0.4, -0.2) is 67.3 Å². The number of alkyl carbamates (subject to hydrolysis) is 1. The van der Waals surface area contributed by atoms with Crippen molar-refractivity contribution < 1.29 is 41.8 Å². The number of methoxy groups -OCH3 is 1. The van der Waals surface area contributed by atoms with E-state index in [0.29, 0.717) is 19.4 Å². The molecule has 1 aliphatic rings. The number of alkyl halides is 3. The fourth-order valence-electron chi connectivity index (χ4n) is 4.75. The second-order valence-electron chi connectivity index (χ2n) is 11.3. The van der Waals surface area contributed by atoms with Gasteiger partial charge in [-0.05, 0) is 65.2 Å². The number of amides is 3. The number of halogens is 3. The summed E-state index contributed by atoms with van der Waals surface area (Å²) in [4.78, 5) is 42.1. The standard InChI is InChI=1S/C31H40F3N3O6/c1-20(2)37(18-21(3)35-29(40)42-19-22-12-8-7-9-13-22)27(38)23-16-25-26(17-24(23)31(32,33)34)43-30(4,5)28(39)36(25)14-10-11-15-41-6/h7-9,12-13,16-17,20-21H,10-11,14-15,18-19H2,1-6H3,(H,35,40)/t21-/m1/s1. The molecule has 1 N–H and O–H groups in total. The highest BCUT2D eigenvalue weighted by atomic mass is 19.4. The predicted octanol–water partition coefficient (Wildman–Crippen LogP) is 5.80. The summed E-state index contributed by atoms with van der Waals surface area (Å²) >= 11 is 0. The Morgan fingerprint density at radius 1 is 1.09 bits per heavy atom. The average Bonchev–Trinajstić information content (AvgIpc) is 2.93. The van der Waals surface area contributed by atoms with E-state index in [0.717, 1.165) is 17.7 Å². The van der Waals surface area contributed by atoms with Gasteiger partial charge in [-0.25, -0.2) is 4.79 Å². The van der Waals surface area contributed by atoms with Crippen molar-refractivity contribution in [3.8, 4) is 5.75 Å². The third-order valence-electron chi connectivity index (χ3n) is 6.96.